The molecule has 0 amide bonds. The first-order valence-corrected chi connectivity index (χ1v) is 4.71. The summed E-state index contributed by atoms with van der Waals surface area (Å²) in [5.41, 5.74) is 2.07. The largest absolute Gasteiger partial charge is 0.458 e. The monoisotopic (exact) mass is 193 g/mol. The van der Waals surface area contributed by atoms with E-state index in [9.17, 15) is 4.79 Å². The number of rotatable bonds is 2. The highest BCUT2D eigenvalue weighted by atomic mass is 32.1. The molecule has 4 heteroatoms. The van der Waals surface area contributed by atoms with Crippen LogP contribution in [0.4, 0.5) is 0 Å². The first-order chi connectivity index (χ1) is 6.27. The molecule has 3 nitrogen and oxygen atoms in total. The van der Waals surface area contributed by atoms with Crippen LogP contribution in [0.2, 0.25) is 0 Å². The van der Waals surface area contributed by atoms with Gasteiger partial charge in [0.2, 0.25) is 5.78 Å². The molecule has 0 radical (unpaired) electrons. The van der Waals surface area contributed by atoms with Crippen LogP contribution in [0.5, 0.6) is 0 Å². The van der Waals surface area contributed by atoms with Crippen molar-refractivity contribution < 1.29 is 9.21 Å². The van der Waals surface area contributed by atoms with Crippen molar-refractivity contribution in [2.24, 2.45) is 0 Å². The summed E-state index contributed by atoms with van der Waals surface area (Å²) >= 11 is 1.40. The molecule has 0 saturated carbocycles. The number of carbonyl (C=O) groups is 1. The number of nitrogens with zero attached hydrogens (tertiary/aromatic N) is 1. The molecule has 0 saturated heterocycles. The summed E-state index contributed by atoms with van der Waals surface area (Å²) in [7, 11) is 0. The Hall–Kier alpha value is -1.42. The van der Waals surface area contributed by atoms with Gasteiger partial charge in [-0.15, -0.1) is 11.3 Å². The third-order valence-electron chi connectivity index (χ3n) is 1.63. The minimum atomic E-state index is -0.158. The molecule has 0 aliphatic carbocycles. The van der Waals surface area contributed by atoms with Crippen LogP contribution >= 0.6 is 11.3 Å². The van der Waals surface area contributed by atoms with Gasteiger partial charge in [-0.3, -0.25) is 4.79 Å². The molecule has 2 heterocycles. The van der Waals surface area contributed by atoms with Crippen molar-refractivity contribution in [3.8, 4) is 0 Å². The van der Waals surface area contributed by atoms with E-state index in [0.29, 0.717) is 11.5 Å². The van der Waals surface area contributed by atoms with Gasteiger partial charge < -0.3 is 4.42 Å². The molecule has 13 heavy (non-hydrogen) atoms. The van der Waals surface area contributed by atoms with Crippen LogP contribution in [0.3, 0.4) is 0 Å². The minimum absolute atomic E-state index is 0.158. The highest BCUT2D eigenvalue weighted by Crippen LogP contribution is 2.12. The van der Waals surface area contributed by atoms with Gasteiger partial charge in [0.1, 0.15) is 11.5 Å². The quantitative estimate of drug-likeness (QED) is 0.687. The van der Waals surface area contributed by atoms with Crippen LogP contribution in [-0.4, -0.2) is 10.8 Å². The second-order valence-electron chi connectivity index (χ2n) is 2.61. The Morgan fingerprint density at radius 1 is 1.54 bits per heavy atom. The van der Waals surface area contributed by atoms with Gasteiger partial charge in [0.05, 0.1) is 5.51 Å². The normalized spacial score (nSPS) is 10.2. The summed E-state index contributed by atoms with van der Waals surface area (Å²) in [6, 6.07) is 3.43. The van der Waals surface area contributed by atoms with Gasteiger partial charge in [0.15, 0.2) is 5.76 Å². The molecule has 0 bridgehead atoms. The molecule has 0 aliphatic rings. The van der Waals surface area contributed by atoms with E-state index in [0.717, 1.165) is 5.76 Å². The van der Waals surface area contributed by atoms with Crippen LogP contribution in [-0.2, 0) is 0 Å². The van der Waals surface area contributed by atoms with E-state index < -0.39 is 0 Å². The third-order valence-corrected chi connectivity index (χ3v) is 2.22. The van der Waals surface area contributed by atoms with Crippen molar-refractivity contribution in [3.63, 3.8) is 0 Å². The van der Waals surface area contributed by atoms with Crippen LogP contribution in [0.25, 0.3) is 0 Å². The Labute approximate surface area is 79.0 Å². The molecule has 0 N–H and O–H groups in total. The maximum Gasteiger partial charge on any atom is 0.247 e. The van der Waals surface area contributed by atoms with E-state index in [4.69, 9.17) is 4.42 Å². The molecule has 0 aromatic carbocycles. The second-order valence-corrected chi connectivity index (χ2v) is 3.33. The Morgan fingerprint density at radius 2 is 2.38 bits per heavy atom. The van der Waals surface area contributed by atoms with E-state index >= 15 is 0 Å². The summed E-state index contributed by atoms with van der Waals surface area (Å²) < 4.78 is 5.18. The lowest BCUT2D eigenvalue weighted by Gasteiger charge is -1.89. The smallest absolute Gasteiger partial charge is 0.247 e. The number of hydrogen-bond acceptors (Lipinski definition) is 4. The molecule has 0 aliphatic heterocycles. The predicted octanol–water partition coefficient (Wildman–Crippen LogP) is 2.28. The molecule has 2 rings (SSSR count). The zero-order valence-electron chi connectivity index (χ0n) is 6.98. The summed E-state index contributed by atoms with van der Waals surface area (Å²) in [6.45, 7) is 1.80. The minimum Gasteiger partial charge on any atom is -0.458 e. The highest BCUT2D eigenvalue weighted by Gasteiger charge is 2.13. The fraction of sp³-hybridized carbons (Fsp3) is 0.111. The lowest BCUT2D eigenvalue weighted by molar-refractivity contribution is 0.100. The van der Waals surface area contributed by atoms with Crippen LogP contribution < -0.4 is 0 Å². The van der Waals surface area contributed by atoms with E-state index in [1.165, 1.54) is 11.3 Å². The van der Waals surface area contributed by atoms with Crippen molar-refractivity contribution in [1.82, 2.24) is 4.98 Å². The van der Waals surface area contributed by atoms with Crippen molar-refractivity contribution in [2.45, 2.75) is 6.92 Å². The zero-order valence-corrected chi connectivity index (χ0v) is 7.80. The van der Waals surface area contributed by atoms with Gasteiger partial charge in [-0.05, 0) is 19.1 Å². The number of ketones is 1. The molecular formula is C9H7NO2S. The number of hydrogen-bond donors (Lipinski definition) is 0. The lowest BCUT2D eigenvalue weighted by atomic mass is 10.2. The highest BCUT2D eigenvalue weighted by molar-refractivity contribution is 7.07. The van der Waals surface area contributed by atoms with Crippen molar-refractivity contribution in [1.29, 1.82) is 0 Å². The standard InChI is InChI=1S/C9H7NO2S/c1-6-2-3-8(12-6)9(11)7-4-13-5-10-7/h2-5H,1H3. The summed E-state index contributed by atoms with van der Waals surface area (Å²) in [5, 5.41) is 1.71. The Balaban J connectivity index is 2.33. The van der Waals surface area contributed by atoms with Gasteiger partial charge in [0.25, 0.3) is 0 Å². The van der Waals surface area contributed by atoms with E-state index in [1.54, 1.807) is 29.9 Å². The van der Waals surface area contributed by atoms with Crippen LogP contribution in [0.15, 0.2) is 27.4 Å². The van der Waals surface area contributed by atoms with E-state index in [1.807, 2.05) is 0 Å². The van der Waals surface area contributed by atoms with Gasteiger partial charge in [0, 0.05) is 5.38 Å². The van der Waals surface area contributed by atoms with Gasteiger partial charge >= 0.3 is 0 Å². The van der Waals surface area contributed by atoms with Gasteiger partial charge in [-0.25, -0.2) is 4.98 Å². The number of carbonyl (C=O) groups excluding carboxylic acids is 1. The SMILES string of the molecule is Cc1ccc(C(=O)c2cscn2)o1. The van der Waals surface area contributed by atoms with E-state index in [-0.39, 0.29) is 5.78 Å². The summed E-state index contributed by atoms with van der Waals surface area (Å²) in [4.78, 5) is 15.5. The molecule has 0 unspecified atom stereocenters. The van der Waals surface area contributed by atoms with Crippen molar-refractivity contribution >= 4 is 17.1 Å². The molecule has 0 fully saturated rings. The van der Waals surface area contributed by atoms with Gasteiger partial charge in [-0.2, -0.15) is 0 Å². The van der Waals surface area contributed by atoms with Crippen LogP contribution in [0.1, 0.15) is 22.0 Å². The first kappa shape index (κ1) is 8.19. The molecule has 66 valence electrons. The molecule has 2 aromatic heterocycles. The second kappa shape index (κ2) is 3.14. The fourth-order valence-electron chi connectivity index (χ4n) is 1.01. The Bertz CT molecular complexity index is 417. The Kier molecular flexibility index (Phi) is 1.98. The van der Waals surface area contributed by atoms with Crippen LogP contribution in [0, 0.1) is 6.92 Å². The first-order valence-electron chi connectivity index (χ1n) is 3.76. The third kappa shape index (κ3) is 1.53. The van der Waals surface area contributed by atoms with Crippen molar-refractivity contribution in [3.05, 3.63) is 40.2 Å². The predicted molar refractivity (Wildman–Crippen MR) is 49.0 cm³/mol. The zero-order chi connectivity index (χ0) is 9.26. The maximum atomic E-state index is 11.6. The molecule has 2 aromatic rings. The van der Waals surface area contributed by atoms with Crippen molar-refractivity contribution in [2.75, 3.05) is 0 Å². The average Bonchev–Trinajstić information content (AvgIpc) is 2.72. The maximum absolute atomic E-state index is 11.6. The van der Waals surface area contributed by atoms with E-state index in [2.05, 4.69) is 4.98 Å². The molecule has 0 atom stereocenters. The number of aromatic nitrogens is 1. The fourth-order valence-corrected chi connectivity index (χ4v) is 1.54. The summed E-state index contributed by atoms with van der Waals surface area (Å²) in [5.74, 6) is 0.927. The van der Waals surface area contributed by atoms with Gasteiger partial charge in [-0.1, -0.05) is 0 Å². The summed E-state index contributed by atoms with van der Waals surface area (Å²) in [6.07, 6.45) is 0. The topological polar surface area (TPSA) is 43.1 Å². The molecular weight excluding hydrogens is 186 g/mol. The average molecular weight is 193 g/mol. The lowest BCUT2D eigenvalue weighted by Crippen LogP contribution is -1.98. The molecule has 0 spiro atoms. The number of furan rings is 1. The Morgan fingerprint density at radius 3 is 2.92 bits per heavy atom. The number of thiazole rings is 1. The number of aryl methyl sites for hydroxylation is 1.